The summed E-state index contributed by atoms with van der Waals surface area (Å²) in [5.74, 6) is -3.47. The maximum atomic E-state index is 15.1. The Bertz CT molecular complexity index is 1390. The Labute approximate surface area is 198 Å². The summed E-state index contributed by atoms with van der Waals surface area (Å²) in [6, 6.07) is 19.3. The molecule has 4 aromatic rings. The molecule has 5 nitrogen and oxygen atoms in total. The molecule has 0 fully saturated rings. The number of anilines is 1. The van der Waals surface area contributed by atoms with Gasteiger partial charge < -0.3 is 10.4 Å². The van der Waals surface area contributed by atoms with Gasteiger partial charge in [-0.1, -0.05) is 58.4 Å². The lowest BCUT2D eigenvalue weighted by Gasteiger charge is -2.16. The number of benzene rings is 3. The Balaban J connectivity index is 1.85. The summed E-state index contributed by atoms with van der Waals surface area (Å²) in [6.45, 7) is 3.21. The van der Waals surface area contributed by atoms with Crippen molar-refractivity contribution in [2.45, 2.75) is 19.8 Å². The molecule has 1 atom stereocenters. The van der Waals surface area contributed by atoms with Crippen molar-refractivity contribution in [3.63, 3.8) is 0 Å². The molecule has 166 valence electrons. The quantitative estimate of drug-likeness (QED) is 0.321. The third kappa shape index (κ3) is 4.36. The third-order valence-corrected chi connectivity index (χ3v) is 6.07. The van der Waals surface area contributed by atoms with Crippen LogP contribution in [0.3, 0.4) is 0 Å². The van der Waals surface area contributed by atoms with Gasteiger partial charge in [0, 0.05) is 21.0 Å². The number of carbonyl (C=O) groups is 2. The molecule has 0 saturated carbocycles. The van der Waals surface area contributed by atoms with Gasteiger partial charge in [-0.2, -0.15) is 0 Å². The van der Waals surface area contributed by atoms with Crippen LogP contribution in [0.4, 0.5) is 10.1 Å². The molecular weight excluding hydrogens is 487 g/mol. The van der Waals surface area contributed by atoms with E-state index in [1.165, 1.54) is 25.1 Å². The van der Waals surface area contributed by atoms with E-state index in [-0.39, 0.29) is 11.3 Å². The predicted molar refractivity (Wildman–Crippen MR) is 130 cm³/mol. The van der Waals surface area contributed by atoms with Crippen LogP contribution < -0.4 is 5.32 Å². The first-order valence-corrected chi connectivity index (χ1v) is 11.0. The van der Waals surface area contributed by atoms with Gasteiger partial charge in [0.2, 0.25) is 0 Å². The highest BCUT2D eigenvalue weighted by Crippen LogP contribution is 2.32. The predicted octanol–water partition coefficient (Wildman–Crippen LogP) is 6.55. The SMILES string of the molecule is Cc1c(-c2ccccc2)nc2ccc(Br)cc2c1C(=O)Nc1cccc(C(C)C(=O)O)c1F. The van der Waals surface area contributed by atoms with E-state index in [2.05, 4.69) is 21.2 Å². The Kier molecular flexibility index (Phi) is 6.24. The summed E-state index contributed by atoms with van der Waals surface area (Å²) in [4.78, 5) is 29.6. The number of carboxylic acids is 1. The number of nitrogens with zero attached hydrogens (tertiary/aromatic N) is 1. The monoisotopic (exact) mass is 506 g/mol. The molecule has 3 aromatic carbocycles. The van der Waals surface area contributed by atoms with Gasteiger partial charge in [-0.15, -0.1) is 0 Å². The maximum absolute atomic E-state index is 15.1. The van der Waals surface area contributed by atoms with Gasteiger partial charge in [0.1, 0.15) is 0 Å². The van der Waals surface area contributed by atoms with Gasteiger partial charge in [-0.05, 0) is 43.7 Å². The van der Waals surface area contributed by atoms with E-state index in [0.29, 0.717) is 27.7 Å². The van der Waals surface area contributed by atoms with Crippen molar-refractivity contribution < 1.29 is 19.1 Å². The molecule has 1 amide bonds. The van der Waals surface area contributed by atoms with Crippen molar-refractivity contribution in [1.29, 1.82) is 0 Å². The third-order valence-electron chi connectivity index (χ3n) is 5.58. The van der Waals surface area contributed by atoms with Gasteiger partial charge in [0.15, 0.2) is 5.82 Å². The lowest BCUT2D eigenvalue weighted by Crippen LogP contribution is -2.17. The molecule has 2 N–H and O–H groups in total. The van der Waals surface area contributed by atoms with Crippen LogP contribution >= 0.6 is 15.9 Å². The smallest absolute Gasteiger partial charge is 0.310 e. The second-order valence-electron chi connectivity index (χ2n) is 7.71. The zero-order chi connectivity index (χ0) is 23.7. The summed E-state index contributed by atoms with van der Waals surface area (Å²) in [5.41, 5.74) is 3.09. The van der Waals surface area contributed by atoms with E-state index in [4.69, 9.17) is 4.98 Å². The second kappa shape index (κ2) is 9.11. The fraction of sp³-hybridized carbons (Fsp3) is 0.115. The van der Waals surface area contributed by atoms with E-state index < -0.39 is 23.6 Å². The number of rotatable bonds is 5. The highest BCUT2D eigenvalue weighted by Gasteiger charge is 2.23. The molecule has 4 rings (SSSR count). The summed E-state index contributed by atoms with van der Waals surface area (Å²) >= 11 is 3.45. The van der Waals surface area contributed by atoms with E-state index in [9.17, 15) is 14.7 Å². The molecule has 0 bridgehead atoms. The van der Waals surface area contributed by atoms with Crippen LogP contribution in [0.15, 0.2) is 71.2 Å². The molecule has 0 aliphatic heterocycles. The van der Waals surface area contributed by atoms with E-state index in [0.717, 1.165) is 10.0 Å². The van der Waals surface area contributed by atoms with Gasteiger partial charge in [0.25, 0.3) is 5.91 Å². The van der Waals surface area contributed by atoms with Crippen LogP contribution in [0.1, 0.15) is 34.3 Å². The fourth-order valence-electron chi connectivity index (χ4n) is 3.80. The standard InChI is InChI=1S/C26H20BrFN2O3/c1-14(26(32)33)18-9-6-10-21(23(18)28)30-25(31)22-15(2)24(16-7-4-3-5-8-16)29-20-12-11-17(27)13-19(20)22/h3-14H,1-2H3,(H,30,31)(H,32,33). The molecule has 0 spiro atoms. The minimum absolute atomic E-state index is 0.00401. The van der Waals surface area contributed by atoms with Gasteiger partial charge >= 0.3 is 5.97 Å². The molecule has 0 aliphatic rings. The topological polar surface area (TPSA) is 79.3 Å². The number of hydrogen-bond donors (Lipinski definition) is 2. The molecular formula is C26H20BrFN2O3. The number of carboxylic acid groups (broad SMARTS) is 1. The fourth-order valence-corrected chi connectivity index (χ4v) is 4.16. The van der Waals surface area contributed by atoms with Crippen molar-refractivity contribution in [3.8, 4) is 11.3 Å². The van der Waals surface area contributed by atoms with Crippen molar-refractivity contribution in [2.24, 2.45) is 0 Å². The Morgan fingerprint density at radius 3 is 2.48 bits per heavy atom. The largest absolute Gasteiger partial charge is 0.481 e. The summed E-state index contributed by atoms with van der Waals surface area (Å²) in [6.07, 6.45) is 0. The number of amides is 1. The number of halogens is 2. The lowest BCUT2D eigenvalue weighted by atomic mass is 9.96. The molecule has 7 heteroatoms. The minimum Gasteiger partial charge on any atom is -0.481 e. The molecule has 1 aromatic heterocycles. The molecule has 0 aliphatic carbocycles. The summed E-state index contributed by atoms with van der Waals surface area (Å²) < 4.78 is 15.9. The van der Waals surface area contributed by atoms with E-state index in [1.54, 1.807) is 6.07 Å². The van der Waals surface area contributed by atoms with Crippen LogP contribution in [-0.4, -0.2) is 22.0 Å². The van der Waals surface area contributed by atoms with Crippen molar-refractivity contribution in [3.05, 3.63) is 93.7 Å². The number of nitrogens with one attached hydrogen (secondary N) is 1. The van der Waals surface area contributed by atoms with Crippen LogP contribution in [0.25, 0.3) is 22.2 Å². The molecule has 0 saturated heterocycles. The zero-order valence-electron chi connectivity index (χ0n) is 17.9. The number of aliphatic carboxylic acids is 1. The van der Waals surface area contributed by atoms with Gasteiger partial charge in [-0.3, -0.25) is 9.59 Å². The lowest BCUT2D eigenvalue weighted by molar-refractivity contribution is -0.138. The highest BCUT2D eigenvalue weighted by molar-refractivity contribution is 9.10. The number of fused-ring (bicyclic) bond motifs is 1. The van der Waals surface area contributed by atoms with Crippen LogP contribution in [0.5, 0.6) is 0 Å². The van der Waals surface area contributed by atoms with Crippen molar-refractivity contribution in [1.82, 2.24) is 4.98 Å². The summed E-state index contributed by atoms with van der Waals surface area (Å²) in [7, 11) is 0. The normalized spacial score (nSPS) is 11.9. The maximum Gasteiger partial charge on any atom is 0.310 e. The van der Waals surface area contributed by atoms with Crippen LogP contribution in [0, 0.1) is 12.7 Å². The number of carbonyl (C=O) groups excluding carboxylic acids is 1. The van der Waals surface area contributed by atoms with E-state index >= 15 is 4.39 Å². The van der Waals surface area contributed by atoms with Crippen LogP contribution in [0.2, 0.25) is 0 Å². The summed E-state index contributed by atoms with van der Waals surface area (Å²) in [5, 5.41) is 12.5. The molecule has 33 heavy (non-hydrogen) atoms. The first kappa shape index (κ1) is 22.6. The Morgan fingerprint density at radius 1 is 1.06 bits per heavy atom. The number of hydrogen-bond acceptors (Lipinski definition) is 3. The first-order chi connectivity index (χ1) is 15.8. The average molecular weight is 507 g/mol. The number of aromatic nitrogens is 1. The highest BCUT2D eigenvalue weighted by atomic mass is 79.9. The molecule has 1 unspecified atom stereocenters. The Morgan fingerprint density at radius 2 is 1.79 bits per heavy atom. The Hall–Kier alpha value is -3.58. The first-order valence-electron chi connectivity index (χ1n) is 10.3. The van der Waals surface area contributed by atoms with Crippen molar-refractivity contribution in [2.75, 3.05) is 5.32 Å². The molecule has 0 radical (unpaired) electrons. The minimum atomic E-state index is -1.15. The van der Waals surface area contributed by atoms with Crippen LogP contribution in [-0.2, 0) is 4.79 Å². The average Bonchev–Trinajstić information content (AvgIpc) is 2.80. The molecule has 1 heterocycles. The second-order valence-corrected chi connectivity index (χ2v) is 8.63. The van der Waals surface area contributed by atoms with E-state index in [1.807, 2.05) is 49.4 Å². The van der Waals surface area contributed by atoms with Gasteiger partial charge in [-0.25, -0.2) is 9.37 Å². The number of pyridine rings is 1. The van der Waals surface area contributed by atoms with Gasteiger partial charge in [0.05, 0.1) is 28.4 Å². The van der Waals surface area contributed by atoms with Crippen molar-refractivity contribution >= 4 is 44.4 Å². The zero-order valence-corrected chi connectivity index (χ0v) is 19.5.